The molecule has 0 aromatic rings. The van der Waals surface area contributed by atoms with Crippen LogP contribution in [0, 0.1) is 0 Å². The molecule has 0 aliphatic carbocycles. The van der Waals surface area contributed by atoms with Crippen molar-refractivity contribution in [2.75, 3.05) is 6.61 Å². The third kappa shape index (κ3) is 8.03. The van der Waals surface area contributed by atoms with Crippen LogP contribution >= 0.6 is 0 Å². The van der Waals surface area contributed by atoms with Crippen LogP contribution in [0.5, 0.6) is 0 Å². The number of rotatable bonds is 6. The standard InChI is InChI=1S/C9H17N3O5/c1-5(2)10-8(15)6(3)11-9(16)12-17-4-7(13)14/h5-6H,4H2,1-3H3,(H,10,15)(H,13,14)(H2,11,12,16). The summed E-state index contributed by atoms with van der Waals surface area (Å²) < 4.78 is 0. The van der Waals surface area contributed by atoms with Crippen molar-refractivity contribution in [3.63, 3.8) is 0 Å². The van der Waals surface area contributed by atoms with Gasteiger partial charge in [-0.05, 0) is 20.8 Å². The fourth-order valence-corrected chi connectivity index (χ4v) is 0.865. The number of carbonyl (C=O) groups excluding carboxylic acids is 2. The maximum absolute atomic E-state index is 11.4. The highest BCUT2D eigenvalue weighted by Gasteiger charge is 2.16. The van der Waals surface area contributed by atoms with Crippen molar-refractivity contribution in [3.05, 3.63) is 0 Å². The zero-order valence-corrected chi connectivity index (χ0v) is 9.94. The summed E-state index contributed by atoms with van der Waals surface area (Å²) >= 11 is 0. The number of nitrogens with one attached hydrogen (secondary N) is 3. The second-order valence-corrected chi connectivity index (χ2v) is 3.64. The van der Waals surface area contributed by atoms with Crippen molar-refractivity contribution in [1.82, 2.24) is 16.1 Å². The predicted molar refractivity (Wildman–Crippen MR) is 58.0 cm³/mol. The van der Waals surface area contributed by atoms with Gasteiger partial charge in [-0.15, -0.1) is 0 Å². The zero-order chi connectivity index (χ0) is 13.4. The quantitative estimate of drug-likeness (QED) is 0.459. The third-order valence-corrected chi connectivity index (χ3v) is 1.53. The third-order valence-electron chi connectivity index (χ3n) is 1.53. The van der Waals surface area contributed by atoms with Gasteiger partial charge in [0.1, 0.15) is 6.04 Å². The van der Waals surface area contributed by atoms with E-state index < -0.39 is 24.6 Å². The number of aliphatic carboxylic acids is 1. The van der Waals surface area contributed by atoms with Crippen molar-refractivity contribution < 1.29 is 24.3 Å². The lowest BCUT2D eigenvalue weighted by Crippen LogP contribution is -2.49. The molecule has 8 heteroatoms. The number of urea groups is 1. The molecule has 0 aliphatic heterocycles. The molecule has 17 heavy (non-hydrogen) atoms. The van der Waals surface area contributed by atoms with Gasteiger partial charge < -0.3 is 15.7 Å². The number of hydrogen-bond donors (Lipinski definition) is 4. The lowest BCUT2D eigenvalue weighted by molar-refractivity contribution is -0.144. The number of carboxylic acid groups (broad SMARTS) is 1. The molecule has 8 nitrogen and oxygen atoms in total. The molecule has 1 unspecified atom stereocenters. The van der Waals surface area contributed by atoms with Crippen molar-refractivity contribution in [2.45, 2.75) is 32.9 Å². The summed E-state index contributed by atoms with van der Waals surface area (Å²) in [5, 5.41) is 13.1. The Morgan fingerprint density at radius 3 is 2.24 bits per heavy atom. The van der Waals surface area contributed by atoms with Crippen LogP contribution in [0.1, 0.15) is 20.8 Å². The van der Waals surface area contributed by atoms with Gasteiger partial charge in [-0.3, -0.25) is 9.63 Å². The predicted octanol–water partition coefficient (Wildman–Crippen LogP) is -0.785. The highest BCUT2D eigenvalue weighted by atomic mass is 16.7. The summed E-state index contributed by atoms with van der Waals surface area (Å²) in [5.74, 6) is -1.55. The van der Waals surface area contributed by atoms with E-state index in [1.807, 2.05) is 5.48 Å². The summed E-state index contributed by atoms with van der Waals surface area (Å²) in [6.07, 6.45) is 0. The Morgan fingerprint density at radius 2 is 1.76 bits per heavy atom. The fourth-order valence-electron chi connectivity index (χ4n) is 0.865. The summed E-state index contributed by atoms with van der Waals surface area (Å²) in [6, 6.07) is -1.55. The number of amides is 3. The molecule has 0 bridgehead atoms. The maximum atomic E-state index is 11.4. The number of carbonyl (C=O) groups is 3. The van der Waals surface area contributed by atoms with Crippen LogP contribution in [0.3, 0.4) is 0 Å². The van der Waals surface area contributed by atoms with E-state index in [-0.39, 0.29) is 11.9 Å². The molecular weight excluding hydrogens is 230 g/mol. The van der Waals surface area contributed by atoms with Crippen molar-refractivity contribution >= 4 is 17.9 Å². The molecule has 3 amide bonds. The topological polar surface area (TPSA) is 117 Å². The van der Waals surface area contributed by atoms with Gasteiger partial charge in [0.15, 0.2) is 6.61 Å². The Kier molecular flexibility index (Phi) is 6.64. The lowest BCUT2D eigenvalue weighted by atomic mass is 10.3. The minimum Gasteiger partial charge on any atom is -0.479 e. The van der Waals surface area contributed by atoms with Crippen LogP contribution in [0.4, 0.5) is 4.79 Å². The second-order valence-electron chi connectivity index (χ2n) is 3.64. The van der Waals surface area contributed by atoms with Gasteiger partial charge in [-0.2, -0.15) is 0 Å². The van der Waals surface area contributed by atoms with Gasteiger partial charge in [-0.1, -0.05) is 0 Å². The molecule has 4 N–H and O–H groups in total. The first-order valence-corrected chi connectivity index (χ1v) is 5.03. The second kappa shape index (κ2) is 7.44. The van der Waals surface area contributed by atoms with E-state index in [9.17, 15) is 14.4 Å². The average Bonchev–Trinajstić information content (AvgIpc) is 2.15. The smallest absolute Gasteiger partial charge is 0.339 e. The Hall–Kier alpha value is -1.83. The van der Waals surface area contributed by atoms with E-state index in [2.05, 4.69) is 15.5 Å². The number of hydroxylamine groups is 1. The van der Waals surface area contributed by atoms with E-state index in [1.165, 1.54) is 6.92 Å². The van der Waals surface area contributed by atoms with Crippen LogP contribution in [-0.4, -0.2) is 41.7 Å². The molecule has 0 heterocycles. The molecule has 0 rings (SSSR count). The monoisotopic (exact) mass is 247 g/mol. The molecule has 1 atom stereocenters. The molecule has 0 radical (unpaired) electrons. The molecule has 0 aromatic carbocycles. The Morgan fingerprint density at radius 1 is 1.18 bits per heavy atom. The average molecular weight is 247 g/mol. The summed E-state index contributed by atoms with van der Waals surface area (Å²) in [7, 11) is 0. The zero-order valence-electron chi connectivity index (χ0n) is 9.94. The molecule has 0 saturated heterocycles. The van der Waals surface area contributed by atoms with E-state index in [0.29, 0.717) is 0 Å². The highest BCUT2D eigenvalue weighted by molar-refractivity contribution is 5.86. The first-order valence-electron chi connectivity index (χ1n) is 5.03. The van der Waals surface area contributed by atoms with E-state index in [4.69, 9.17) is 5.11 Å². The van der Waals surface area contributed by atoms with E-state index in [1.54, 1.807) is 13.8 Å². The number of carboxylic acids is 1. The summed E-state index contributed by atoms with van der Waals surface area (Å²) in [6.45, 7) is 4.43. The van der Waals surface area contributed by atoms with E-state index >= 15 is 0 Å². The molecule has 0 aliphatic rings. The Balaban J connectivity index is 3.87. The van der Waals surface area contributed by atoms with Crippen molar-refractivity contribution in [2.24, 2.45) is 0 Å². The Bertz CT molecular complexity index is 292. The van der Waals surface area contributed by atoms with Crippen LogP contribution < -0.4 is 16.1 Å². The summed E-state index contributed by atoms with van der Waals surface area (Å²) in [5.41, 5.74) is 1.84. The maximum Gasteiger partial charge on any atom is 0.339 e. The fraction of sp³-hybridized carbons (Fsp3) is 0.667. The first-order chi connectivity index (χ1) is 7.82. The molecule has 0 saturated carbocycles. The lowest BCUT2D eigenvalue weighted by Gasteiger charge is -2.15. The van der Waals surface area contributed by atoms with Crippen LogP contribution in [0.25, 0.3) is 0 Å². The van der Waals surface area contributed by atoms with Crippen molar-refractivity contribution in [1.29, 1.82) is 0 Å². The van der Waals surface area contributed by atoms with Crippen LogP contribution in [-0.2, 0) is 14.4 Å². The highest BCUT2D eigenvalue weighted by Crippen LogP contribution is 1.85. The van der Waals surface area contributed by atoms with Crippen LogP contribution in [0.2, 0.25) is 0 Å². The van der Waals surface area contributed by atoms with Gasteiger partial charge in [0, 0.05) is 6.04 Å². The van der Waals surface area contributed by atoms with Crippen molar-refractivity contribution in [3.8, 4) is 0 Å². The van der Waals surface area contributed by atoms with Gasteiger partial charge in [0.05, 0.1) is 0 Å². The van der Waals surface area contributed by atoms with Gasteiger partial charge in [0.2, 0.25) is 5.91 Å². The van der Waals surface area contributed by atoms with Gasteiger partial charge >= 0.3 is 12.0 Å². The van der Waals surface area contributed by atoms with E-state index in [0.717, 1.165) is 0 Å². The molecule has 0 spiro atoms. The van der Waals surface area contributed by atoms with Crippen LogP contribution in [0.15, 0.2) is 0 Å². The normalized spacial score (nSPS) is 11.8. The summed E-state index contributed by atoms with van der Waals surface area (Å²) in [4.78, 5) is 36.9. The number of hydrogen-bond acceptors (Lipinski definition) is 4. The molecule has 0 aromatic heterocycles. The molecular formula is C9H17N3O5. The minimum absolute atomic E-state index is 0.0296. The minimum atomic E-state index is -1.21. The molecule has 98 valence electrons. The largest absolute Gasteiger partial charge is 0.479 e. The first kappa shape index (κ1) is 15.2. The van der Waals surface area contributed by atoms with Gasteiger partial charge in [0.25, 0.3) is 0 Å². The Labute approximate surface area is 98.7 Å². The van der Waals surface area contributed by atoms with Gasteiger partial charge in [-0.25, -0.2) is 15.1 Å². The molecule has 0 fully saturated rings. The SMILES string of the molecule is CC(C)NC(=O)C(C)NC(=O)NOCC(=O)O.